The molecule has 1 aliphatic rings. The molecule has 0 bridgehead atoms. The number of aromatic nitrogens is 3. The topological polar surface area (TPSA) is 51.0 Å². The van der Waals surface area contributed by atoms with Crippen molar-refractivity contribution in [1.82, 2.24) is 14.8 Å². The molecule has 0 unspecified atom stereocenters. The first-order valence-electron chi connectivity index (χ1n) is 9.40. The first-order chi connectivity index (χ1) is 13.4. The lowest BCUT2D eigenvalue weighted by Crippen LogP contribution is -2.47. The number of carbonyl (C=O) groups is 1. The van der Waals surface area contributed by atoms with Crippen LogP contribution in [0.5, 0.6) is 0 Å². The second-order valence-corrected chi connectivity index (χ2v) is 8.60. The maximum atomic E-state index is 13.4. The van der Waals surface area contributed by atoms with Gasteiger partial charge >= 0.3 is 0 Å². The molecule has 3 aromatic rings. The van der Waals surface area contributed by atoms with Gasteiger partial charge in [-0.1, -0.05) is 74.8 Å². The lowest BCUT2D eigenvalue weighted by molar-refractivity contribution is -0.126. The monoisotopic (exact) mass is 394 g/mol. The third kappa shape index (κ3) is 3.31. The summed E-state index contributed by atoms with van der Waals surface area (Å²) in [5.41, 5.74) is 1.65. The molecule has 0 aliphatic carbocycles. The van der Waals surface area contributed by atoms with Crippen LogP contribution in [-0.2, 0) is 4.79 Å². The molecule has 4 rings (SSSR count). The van der Waals surface area contributed by atoms with Crippen molar-refractivity contribution in [2.45, 2.75) is 39.3 Å². The summed E-state index contributed by atoms with van der Waals surface area (Å²) in [6.45, 7) is 5.79. The van der Waals surface area contributed by atoms with Crippen LogP contribution in [0.3, 0.4) is 0 Å². The molecule has 2 aromatic carbocycles. The summed E-state index contributed by atoms with van der Waals surface area (Å²) in [7, 11) is 0. The standard InChI is InChI=1S/C22H23ClN4O/c1-22(2,3)20(28)26-18(16-9-11-17(23)12-10-16)13-19(15-7-5-4-6-8-15)27-21(26)24-14-25-27/h4-12,14,18-19H,13H2,1-3H3/t18-,19-/m0/s1. The van der Waals surface area contributed by atoms with Crippen molar-refractivity contribution < 1.29 is 4.79 Å². The van der Waals surface area contributed by atoms with E-state index in [0.717, 1.165) is 11.1 Å². The van der Waals surface area contributed by atoms with Crippen molar-refractivity contribution in [2.75, 3.05) is 4.90 Å². The Bertz CT molecular complexity index is 976. The summed E-state index contributed by atoms with van der Waals surface area (Å²) in [5, 5.41) is 5.14. The van der Waals surface area contributed by atoms with Crippen molar-refractivity contribution in [3.8, 4) is 0 Å². The van der Waals surface area contributed by atoms with Crippen molar-refractivity contribution in [3.05, 3.63) is 77.1 Å². The maximum Gasteiger partial charge on any atom is 0.235 e. The van der Waals surface area contributed by atoms with E-state index in [0.29, 0.717) is 17.4 Å². The van der Waals surface area contributed by atoms with Gasteiger partial charge in [-0.3, -0.25) is 9.69 Å². The number of anilines is 1. The zero-order valence-corrected chi connectivity index (χ0v) is 17.0. The van der Waals surface area contributed by atoms with Crippen molar-refractivity contribution in [3.63, 3.8) is 0 Å². The number of amides is 1. The van der Waals surface area contributed by atoms with E-state index in [1.54, 1.807) is 4.90 Å². The van der Waals surface area contributed by atoms with Gasteiger partial charge < -0.3 is 0 Å². The predicted octanol–water partition coefficient (Wildman–Crippen LogP) is 5.05. The van der Waals surface area contributed by atoms with E-state index in [-0.39, 0.29) is 18.0 Å². The van der Waals surface area contributed by atoms with Crippen LogP contribution in [0.15, 0.2) is 60.9 Å². The second-order valence-electron chi connectivity index (χ2n) is 8.16. The Labute approximate surface area is 170 Å². The van der Waals surface area contributed by atoms with E-state index >= 15 is 0 Å². The van der Waals surface area contributed by atoms with Gasteiger partial charge in [0.1, 0.15) is 6.33 Å². The first-order valence-corrected chi connectivity index (χ1v) is 9.77. The van der Waals surface area contributed by atoms with E-state index < -0.39 is 5.41 Å². The van der Waals surface area contributed by atoms with Crippen LogP contribution in [0.2, 0.25) is 5.02 Å². The highest BCUT2D eigenvalue weighted by Gasteiger charge is 2.42. The lowest BCUT2D eigenvalue weighted by atomic mass is 9.88. The molecule has 0 saturated heterocycles. The molecule has 5 nitrogen and oxygen atoms in total. The molecular formula is C22H23ClN4O. The molecule has 6 heteroatoms. The Morgan fingerprint density at radius 3 is 2.29 bits per heavy atom. The predicted molar refractivity (Wildman–Crippen MR) is 110 cm³/mol. The van der Waals surface area contributed by atoms with E-state index in [1.165, 1.54) is 6.33 Å². The number of fused-ring (bicyclic) bond motifs is 1. The van der Waals surface area contributed by atoms with E-state index in [9.17, 15) is 4.79 Å². The Balaban J connectivity index is 1.86. The van der Waals surface area contributed by atoms with Crippen LogP contribution in [0.4, 0.5) is 5.95 Å². The molecule has 28 heavy (non-hydrogen) atoms. The minimum absolute atomic E-state index is 0.00314. The Morgan fingerprint density at radius 1 is 1.00 bits per heavy atom. The Kier molecular flexibility index (Phi) is 4.71. The maximum absolute atomic E-state index is 13.4. The van der Waals surface area contributed by atoms with Gasteiger partial charge in [0.2, 0.25) is 11.9 Å². The van der Waals surface area contributed by atoms with Crippen molar-refractivity contribution in [2.24, 2.45) is 5.41 Å². The fourth-order valence-corrected chi connectivity index (χ4v) is 3.83. The quantitative estimate of drug-likeness (QED) is 0.611. The summed E-state index contributed by atoms with van der Waals surface area (Å²) in [6, 6.07) is 17.8. The molecule has 1 aliphatic heterocycles. The number of halogens is 1. The van der Waals surface area contributed by atoms with Gasteiger partial charge in [0.15, 0.2) is 0 Å². The Morgan fingerprint density at radius 2 is 1.64 bits per heavy atom. The fourth-order valence-electron chi connectivity index (χ4n) is 3.71. The lowest BCUT2D eigenvalue weighted by Gasteiger charge is -2.41. The van der Waals surface area contributed by atoms with Crippen molar-refractivity contribution in [1.29, 1.82) is 0 Å². The summed E-state index contributed by atoms with van der Waals surface area (Å²) in [6.07, 6.45) is 2.24. The molecule has 144 valence electrons. The molecule has 2 heterocycles. The summed E-state index contributed by atoms with van der Waals surface area (Å²) in [5.74, 6) is 0.605. The molecule has 0 spiro atoms. The van der Waals surface area contributed by atoms with E-state index in [2.05, 4.69) is 22.2 Å². The van der Waals surface area contributed by atoms with Gasteiger partial charge in [-0.15, -0.1) is 0 Å². The SMILES string of the molecule is CC(C)(C)C(=O)N1c2ncnn2[C@H](c2ccccc2)C[C@H]1c1ccc(Cl)cc1. The highest BCUT2D eigenvalue weighted by atomic mass is 35.5. The molecular weight excluding hydrogens is 372 g/mol. The Hall–Kier alpha value is -2.66. The number of hydrogen-bond donors (Lipinski definition) is 0. The van der Waals surface area contributed by atoms with Gasteiger partial charge in [-0.05, 0) is 29.7 Å². The van der Waals surface area contributed by atoms with E-state index in [4.69, 9.17) is 11.6 Å². The minimum Gasteiger partial charge on any atom is -0.274 e. The van der Waals surface area contributed by atoms with Crippen LogP contribution >= 0.6 is 11.6 Å². The third-order valence-corrected chi connectivity index (χ3v) is 5.37. The van der Waals surface area contributed by atoms with Crippen molar-refractivity contribution >= 4 is 23.5 Å². The van der Waals surface area contributed by atoms with Gasteiger partial charge in [-0.25, -0.2) is 4.68 Å². The molecule has 0 N–H and O–H groups in total. The van der Waals surface area contributed by atoms with Crippen LogP contribution in [0.25, 0.3) is 0 Å². The van der Waals surface area contributed by atoms with Crippen LogP contribution in [0.1, 0.15) is 50.4 Å². The normalized spacial score (nSPS) is 19.4. The number of carbonyl (C=O) groups excluding carboxylic acids is 1. The third-order valence-electron chi connectivity index (χ3n) is 5.12. The van der Waals surface area contributed by atoms with Gasteiger partial charge in [0, 0.05) is 10.4 Å². The molecule has 0 fully saturated rings. The smallest absolute Gasteiger partial charge is 0.235 e. The largest absolute Gasteiger partial charge is 0.274 e. The minimum atomic E-state index is -0.541. The average Bonchev–Trinajstić information content (AvgIpc) is 3.16. The number of benzene rings is 2. The number of hydrogen-bond acceptors (Lipinski definition) is 3. The fraction of sp³-hybridized carbons (Fsp3) is 0.318. The van der Waals surface area contributed by atoms with Gasteiger partial charge in [0.25, 0.3) is 0 Å². The summed E-state index contributed by atoms with van der Waals surface area (Å²) >= 11 is 6.10. The number of rotatable bonds is 2. The van der Waals surface area contributed by atoms with Gasteiger partial charge in [0.05, 0.1) is 12.1 Å². The first kappa shape index (κ1) is 18.7. The molecule has 0 saturated carbocycles. The van der Waals surface area contributed by atoms with Crippen LogP contribution in [-0.4, -0.2) is 20.7 Å². The van der Waals surface area contributed by atoms with E-state index in [1.807, 2.05) is 67.9 Å². The average molecular weight is 395 g/mol. The van der Waals surface area contributed by atoms with Crippen LogP contribution in [0, 0.1) is 5.41 Å². The zero-order chi connectivity index (χ0) is 19.9. The highest BCUT2D eigenvalue weighted by Crippen LogP contribution is 2.43. The second kappa shape index (κ2) is 7.06. The molecule has 1 amide bonds. The number of nitrogens with zero attached hydrogens (tertiary/aromatic N) is 4. The highest BCUT2D eigenvalue weighted by molar-refractivity contribution is 6.30. The molecule has 2 atom stereocenters. The molecule has 0 radical (unpaired) electrons. The summed E-state index contributed by atoms with van der Waals surface area (Å²) in [4.78, 5) is 19.7. The zero-order valence-electron chi connectivity index (χ0n) is 16.2. The van der Waals surface area contributed by atoms with Crippen LogP contribution < -0.4 is 4.90 Å². The van der Waals surface area contributed by atoms with Gasteiger partial charge in [-0.2, -0.15) is 10.1 Å². The molecule has 1 aromatic heterocycles. The summed E-state index contributed by atoms with van der Waals surface area (Å²) < 4.78 is 1.87.